The zero-order valence-corrected chi connectivity index (χ0v) is 14.3. The summed E-state index contributed by atoms with van der Waals surface area (Å²) in [7, 11) is 3.37. The van der Waals surface area contributed by atoms with Crippen LogP contribution in [0.4, 0.5) is 0 Å². The maximum absolute atomic E-state index is 12.6. The van der Waals surface area contributed by atoms with Crippen LogP contribution in [0.5, 0.6) is 5.75 Å². The lowest BCUT2D eigenvalue weighted by Gasteiger charge is -2.17. The summed E-state index contributed by atoms with van der Waals surface area (Å²) in [6, 6.07) is 5.16. The number of carbonyl (C=O) groups excluding carboxylic acids is 2. The normalized spacial score (nSPS) is 17.6. The van der Waals surface area contributed by atoms with Crippen molar-refractivity contribution in [2.45, 2.75) is 19.4 Å². The van der Waals surface area contributed by atoms with Crippen molar-refractivity contribution in [2.75, 3.05) is 7.11 Å². The van der Waals surface area contributed by atoms with Crippen LogP contribution < -0.4 is 4.74 Å². The molecule has 0 saturated carbocycles. The number of imide groups is 1. The minimum absolute atomic E-state index is 0.161. The minimum atomic E-state index is -0.341. The number of methoxy groups -OCH3 is 1. The summed E-state index contributed by atoms with van der Waals surface area (Å²) >= 11 is 6.02. The average molecular weight is 348 g/mol. The zero-order chi connectivity index (χ0) is 17.3. The lowest BCUT2D eigenvalue weighted by molar-refractivity contribution is -0.140. The lowest BCUT2D eigenvalue weighted by atomic mass is 10.0. The van der Waals surface area contributed by atoms with Gasteiger partial charge in [0.25, 0.3) is 0 Å². The molecule has 1 unspecified atom stereocenters. The van der Waals surface area contributed by atoms with Gasteiger partial charge in [-0.3, -0.25) is 19.2 Å². The molecule has 1 fully saturated rings. The number of halogens is 1. The number of hydrogen-bond acceptors (Lipinski definition) is 4. The Morgan fingerprint density at radius 3 is 2.83 bits per heavy atom. The number of nitrogens with zero attached hydrogens (tertiary/aromatic N) is 3. The van der Waals surface area contributed by atoms with Crippen molar-refractivity contribution in [1.82, 2.24) is 14.7 Å². The number of aromatic nitrogens is 2. The second-order valence-electron chi connectivity index (χ2n) is 5.90. The Bertz CT molecular complexity index is 787. The molecule has 0 radical (unpaired) electrons. The van der Waals surface area contributed by atoms with Gasteiger partial charge in [-0.25, -0.2) is 0 Å². The predicted molar refractivity (Wildman–Crippen MR) is 88.6 cm³/mol. The zero-order valence-electron chi connectivity index (χ0n) is 13.5. The summed E-state index contributed by atoms with van der Waals surface area (Å²) in [5.41, 5.74) is 1.67. The van der Waals surface area contributed by atoms with Gasteiger partial charge in [0.2, 0.25) is 11.8 Å². The maximum Gasteiger partial charge on any atom is 0.233 e. The summed E-state index contributed by atoms with van der Waals surface area (Å²) in [5.74, 6) is -0.0654. The lowest BCUT2D eigenvalue weighted by Crippen LogP contribution is -2.30. The summed E-state index contributed by atoms with van der Waals surface area (Å²) in [4.78, 5) is 26.2. The Kier molecular flexibility index (Phi) is 4.57. The first kappa shape index (κ1) is 16.5. The summed E-state index contributed by atoms with van der Waals surface area (Å²) in [5, 5.41) is 4.64. The Balaban J connectivity index is 1.76. The number of rotatable bonds is 5. The van der Waals surface area contributed by atoms with Crippen LogP contribution in [0.2, 0.25) is 5.02 Å². The molecule has 24 heavy (non-hydrogen) atoms. The topological polar surface area (TPSA) is 64.4 Å². The number of aryl methyl sites for hydroxylation is 1. The highest BCUT2D eigenvalue weighted by molar-refractivity contribution is 6.30. The van der Waals surface area contributed by atoms with Gasteiger partial charge in [0.15, 0.2) is 0 Å². The molecule has 1 aliphatic heterocycles. The molecular formula is C17H18ClN3O3. The number of amides is 2. The van der Waals surface area contributed by atoms with E-state index in [2.05, 4.69) is 5.10 Å². The van der Waals surface area contributed by atoms with E-state index in [1.54, 1.807) is 36.2 Å². The molecule has 1 aromatic carbocycles. The van der Waals surface area contributed by atoms with E-state index in [9.17, 15) is 9.59 Å². The molecule has 126 valence electrons. The van der Waals surface area contributed by atoms with Crippen molar-refractivity contribution in [3.05, 3.63) is 46.7 Å². The standard InChI is InChI=1S/C17H18ClN3O3/c1-20-9-11(8-19-20)5-12-7-16(22)21(17(12)23)10-13-6-14(18)3-4-15(13)24-2/h3-4,6,8-9,12H,5,7,10H2,1-2H3. The SMILES string of the molecule is COc1ccc(Cl)cc1CN1C(=O)CC(Cc2cnn(C)c2)C1=O. The Labute approximate surface area is 145 Å². The number of likely N-dealkylation sites (tertiary alicyclic amines) is 1. The number of carbonyl (C=O) groups is 2. The van der Waals surface area contributed by atoms with Gasteiger partial charge in [0, 0.05) is 30.3 Å². The molecule has 2 heterocycles. The molecular weight excluding hydrogens is 330 g/mol. The first-order valence-corrected chi connectivity index (χ1v) is 8.00. The molecule has 7 heteroatoms. The molecule has 0 bridgehead atoms. The highest BCUT2D eigenvalue weighted by atomic mass is 35.5. The van der Waals surface area contributed by atoms with E-state index >= 15 is 0 Å². The van der Waals surface area contributed by atoms with Crippen LogP contribution in [-0.2, 0) is 29.6 Å². The van der Waals surface area contributed by atoms with Crippen molar-refractivity contribution >= 4 is 23.4 Å². The third-order valence-electron chi connectivity index (χ3n) is 4.15. The van der Waals surface area contributed by atoms with Crippen LogP contribution in [0.3, 0.4) is 0 Å². The van der Waals surface area contributed by atoms with E-state index in [0.29, 0.717) is 22.8 Å². The second-order valence-corrected chi connectivity index (χ2v) is 6.34. The molecule has 3 rings (SSSR count). The molecule has 6 nitrogen and oxygen atoms in total. The monoisotopic (exact) mass is 347 g/mol. The van der Waals surface area contributed by atoms with Crippen molar-refractivity contribution in [3.8, 4) is 5.75 Å². The number of benzene rings is 1. The van der Waals surface area contributed by atoms with Gasteiger partial charge in [0.05, 0.1) is 25.8 Å². The van der Waals surface area contributed by atoms with Gasteiger partial charge in [0.1, 0.15) is 5.75 Å². The van der Waals surface area contributed by atoms with Crippen molar-refractivity contribution in [3.63, 3.8) is 0 Å². The van der Waals surface area contributed by atoms with E-state index in [1.807, 2.05) is 13.2 Å². The summed E-state index contributed by atoms with van der Waals surface area (Å²) in [6.45, 7) is 0.172. The van der Waals surface area contributed by atoms with Crippen LogP contribution in [0, 0.1) is 5.92 Å². The fourth-order valence-corrected chi connectivity index (χ4v) is 3.17. The van der Waals surface area contributed by atoms with E-state index in [0.717, 1.165) is 5.56 Å². The summed E-state index contributed by atoms with van der Waals surface area (Å²) in [6.07, 6.45) is 4.32. The van der Waals surface area contributed by atoms with E-state index in [1.165, 1.54) is 4.90 Å². The van der Waals surface area contributed by atoms with Gasteiger partial charge < -0.3 is 4.74 Å². The number of hydrogen-bond donors (Lipinski definition) is 0. The molecule has 2 aromatic rings. The Morgan fingerprint density at radius 2 is 2.17 bits per heavy atom. The third-order valence-corrected chi connectivity index (χ3v) is 4.38. The van der Waals surface area contributed by atoms with Gasteiger partial charge >= 0.3 is 0 Å². The quantitative estimate of drug-likeness (QED) is 0.778. The van der Waals surface area contributed by atoms with Crippen LogP contribution in [0.1, 0.15) is 17.5 Å². The maximum atomic E-state index is 12.6. The first-order valence-electron chi connectivity index (χ1n) is 7.62. The largest absolute Gasteiger partial charge is 0.496 e. The van der Waals surface area contributed by atoms with Gasteiger partial charge in [-0.05, 0) is 30.2 Å². The van der Waals surface area contributed by atoms with Crippen molar-refractivity contribution < 1.29 is 14.3 Å². The molecule has 1 aliphatic rings. The number of ether oxygens (including phenoxy) is 1. The van der Waals surface area contributed by atoms with Crippen LogP contribution >= 0.6 is 11.6 Å². The van der Waals surface area contributed by atoms with Crippen molar-refractivity contribution in [1.29, 1.82) is 0 Å². The molecule has 1 aromatic heterocycles. The Morgan fingerprint density at radius 1 is 1.38 bits per heavy atom. The molecule has 0 spiro atoms. The fourth-order valence-electron chi connectivity index (χ4n) is 2.98. The average Bonchev–Trinajstić information content (AvgIpc) is 3.06. The van der Waals surface area contributed by atoms with Gasteiger partial charge in [-0.1, -0.05) is 11.6 Å². The Hall–Kier alpha value is -2.34. The van der Waals surface area contributed by atoms with E-state index in [-0.39, 0.29) is 30.7 Å². The van der Waals surface area contributed by atoms with E-state index < -0.39 is 0 Å². The smallest absolute Gasteiger partial charge is 0.233 e. The van der Waals surface area contributed by atoms with Gasteiger partial charge in [-0.15, -0.1) is 0 Å². The molecule has 1 atom stereocenters. The highest BCUT2D eigenvalue weighted by Gasteiger charge is 2.38. The van der Waals surface area contributed by atoms with E-state index in [4.69, 9.17) is 16.3 Å². The third kappa shape index (κ3) is 3.28. The molecule has 0 aliphatic carbocycles. The van der Waals surface area contributed by atoms with Crippen LogP contribution in [0.15, 0.2) is 30.6 Å². The molecule has 1 saturated heterocycles. The molecule has 0 N–H and O–H groups in total. The first-order chi connectivity index (χ1) is 11.5. The predicted octanol–water partition coefficient (Wildman–Crippen LogP) is 2.20. The van der Waals surface area contributed by atoms with Crippen molar-refractivity contribution in [2.24, 2.45) is 13.0 Å². The van der Waals surface area contributed by atoms with Crippen LogP contribution in [-0.4, -0.2) is 33.6 Å². The highest BCUT2D eigenvalue weighted by Crippen LogP contribution is 2.29. The molecule has 2 amide bonds. The second kappa shape index (κ2) is 6.65. The van der Waals surface area contributed by atoms with Gasteiger partial charge in [-0.2, -0.15) is 5.10 Å². The minimum Gasteiger partial charge on any atom is -0.496 e. The van der Waals surface area contributed by atoms with Crippen LogP contribution in [0.25, 0.3) is 0 Å². The fraction of sp³-hybridized carbons (Fsp3) is 0.353. The summed E-state index contributed by atoms with van der Waals surface area (Å²) < 4.78 is 6.97.